The van der Waals surface area contributed by atoms with Gasteiger partial charge in [0.05, 0.1) is 18.4 Å². The van der Waals surface area contributed by atoms with Crippen LogP contribution in [0.4, 0.5) is 5.69 Å². The summed E-state index contributed by atoms with van der Waals surface area (Å²) in [5.41, 5.74) is 2.77. The number of carbonyl (C=O) groups is 2. The first-order chi connectivity index (χ1) is 15.5. The number of hydrogen-bond donors (Lipinski definition) is 3. The standard InChI is InChI=1S/C25H23N3O3S/c1-31-20-14-11-18(12-15-20)13-16-23(29)28-25(32)27-22-10-6-5-9-21(22)24(30)26-17-19-7-3-2-4-8-19/h2-16H,17H2,1H3,(H,26,30)(H2,27,28,29,32)/b16-13+. The van der Waals surface area contributed by atoms with Gasteiger partial charge in [-0.2, -0.15) is 0 Å². The zero-order chi connectivity index (χ0) is 22.8. The number of thiocarbonyl (C=S) groups is 1. The number of carbonyl (C=O) groups excluding carboxylic acids is 2. The van der Waals surface area contributed by atoms with E-state index in [1.165, 1.54) is 6.08 Å². The van der Waals surface area contributed by atoms with Crippen molar-refractivity contribution >= 4 is 40.9 Å². The lowest BCUT2D eigenvalue weighted by Gasteiger charge is -2.13. The Morgan fingerprint density at radius 3 is 2.34 bits per heavy atom. The molecule has 3 N–H and O–H groups in total. The lowest BCUT2D eigenvalue weighted by Crippen LogP contribution is -2.33. The summed E-state index contributed by atoms with van der Waals surface area (Å²) in [6.45, 7) is 0.408. The van der Waals surface area contributed by atoms with E-state index in [0.717, 1.165) is 16.9 Å². The molecule has 0 bridgehead atoms. The first kappa shape index (κ1) is 22.7. The minimum absolute atomic E-state index is 0.0951. The van der Waals surface area contributed by atoms with Gasteiger partial charge in [-0.3, -0.25) is 14.9 Å². The monoisotopic (exact) mass is 445 g/mol. The molecule has 162 valence electrons. The summed E-state index contributed by atoms with van der Waals surface area (Å²) >= 11 is 5.24. The predicted molar refractivity (Wildman–Crippen MR) is 130 cm³/mol. The maximum Gasteiger partial charge on any atom is 0.253 e. The van der Waals surface area contributed by atoms with Crippen LogP contribution in [-0.2, 0) is 11.3 Å². The van der Waals surface area contributed by atoms with Crippen LogP contribution in [-0.4, -0.2) is 24.0 Å². The number of amides is 2. The smallest absolute Gasteiger partial charge is 0.253 e. The summed E-state index contributed by atoms with van der Waals surface area (Å²) < 4.78 is 5.11. The molecule has 0 atom stereocenters. The van der Waals surface area contributed by atoms with Crippen LogP contribution in [0.2, 0.25) is 0 Å². The molecule has 0 aliphatic heterocycles. The highest BCUT2D eigenvalue weighted by atomic mass is 32.1. The lowest BCUT2D eigenvalue weighted by molar-refractivity contribution is -0.115. The average Bonchev–Trinajstić information content (AvgIpc) is 2.82. The highest BCUT2D eigenvalue weighted by Gasteiger charge is 2.12. The molecule has 0 saturated carbocycles. The number of para-hydroxylation sites is 1. The van der Waals surface area contributed by atoms with E-state index in [1.54, 1.807) is 37.5 Å². The van der Waals surface area contributed by atoms with Crippen molar-refractivity contribution in [3.05, 3.63) is 102 Å². The first-order valence-corrected chi connectivity index (χ1v) is 10.3. The van der Waals surface area contributed by atoms with E-state index in [9.17, 15) is 9.59 Å². The average molecular weight is 446 g/mol. The lowest BCUT2D eigenvalue weighted by atomic mass is 10.1. The number of anilines is 1. The molecule has 0 aliphatic carbocycles. The van der Waals surface area contributed by atoms with E-state index >= 15 is 0 Å². The fraction of sp³-hybridized carbons (Fsp3) is 0.0800. The van der Waals surface area contributed by atoms with E-state index in [2.05, 4.69) is 16.0 Å². The van der Waals surface area contributed by atoms with E-state index in [1.807, 2.05) is 54.6 Å². The van der Waals surface area contributed by atoms with Crippen molar-refractivity contribution in [1.82, 2.24) is 10.6 Å². The second kappa shape index (κ2) is 11.4. The molecule has 0 saturated heterocycles. The summed E-state index contributed by atoms with van der Waals surface area (Å²) in [7, 11) is 1.59. The first-order valence-electron chi connectivity index (χ1n) is 9.90. The number of hydrogen-bond acceptors (Lipinski definition) is 4. The zero-order valence-electron chi connectivity index (χ0n) is 17.5. The predicted octanol–water partition coefficient (Wildman–Crippen LogP) is 4.15. The van der Waals surface area contributed by atoms with Crippen LogP contribution in [0.25, 0.3) is 6.08 Å². The SMILES string of the molecule is COc1ccc(/C=C/C(=O)NC(=S)Nc2ccccc2C(=O)NCc2ccccc2)cc1. The molecule has 2 amide bonds. The fourth-order valence-electron chi connectivity index (χ4n) is 2.86. The molecule has 0 aromatic heterocycles. The van der Waals surface area contributed by atoms with Crippen molar-refractivity contribution < 1.29 is 14.3 Å². The van der Waals surface area contributed by atoms with Gasteiger partial charge in [-0.15, -0.1) is 0 Å². The Hall–Kier alpha value is -3.97. The molecule has 32 heavy (non-hydrogen) atoms. The highest BCUT2D eigenvalue weighted by Crippen LogP contribution is 2.15. The largest absolute Gasteiger partial charge is 0.497 e. The molecule has 7 heteroatoms. The summed E-state index contributed by atoms with van der Waals surface area (Å²) in [5, 5.41) is 8.49. The second-order valence-electron chi connectivity index (χ2n) is 6.76. The Morgan fingerprint density at radius 2 is 1.62 bits per heavy atom. The summed E-state index contributed by atoms with van der Waals surface area (Å²) in [5.74, 6) is 0.109. The molecule has 0 radical (unpaired) electrons. The number of ether oxygens (including phenoxy) is 1. The van der Waals surface area contributed by atoms with Crippen LogP contribution in [0.3, 0.4) is 0 Å². The molecular formula is C25H23N3O3S. The third kappa shape index (κ3) is 6.78. The third-order valence-corrected chi connectivity index (χ3v) is 4.70. The molecule has 0 heterocycles. The summed E-state index contributed by atoms with van der Waals surface area (Å²) in [6, 6.07) is 23.9. The Morgan fingerprint density at radius 1 is 0.938 bits per heavy atom. The molecular weight excluding hydrogens is 422 g/mol. The van der Waals surface area contributed by atoms with Crippen molar-refractivity contribution in [2.24, 2.45) is 0 Å². The van der Waals surface area contributed by atoms with Gasteiger partial charge < -0.3 is 15.4 Å². The van der Waals surface area contributed by atoms with Crippen LogP contribution in [0.5, 0.6) is 5.75 Å². The van der Waals surface area contributed by atoms with Crippen molar-refractivity contribution in [2.75, 3.05) is 12.4 Å². The van der Waals surface area contributed by atoms with Gasteiger partial charge in [-0.05, 0) is 53.7 Å². The summed E-state index contributed by atoms with van der Waals surface area (Å²) in [6.07, 6.45) is 3.05. The molecule has 0 aliphatic rings. The molecule has 0 unspecified atom stereocenters. The van der Waals surface area contributed by atoms with Crippen molar-refractivity contribution in [1.29, 1.82) is 0 Å². The normalized spacial score (nSPS) is 10.4. The number of rotatable bonds is 7. The van der Waals surface area contributed by atoms with E-state index < -0.39 is 0 Å². The van der Waals surface area contributed by atoms with Gasteiger partial charge in [0.15, 0.2) is 5.11 Å². The van der Waals surface area contributed by atoms with Crippen molar-refractivity contribution in [2.45, 2.75) is 6.54 Å². The highest BCUT2D eigenvalue weighted by molar-refractivity contribution is 7.80. The fourth-order valence-corrected chi connectivity index (χ4v) is 3.07. The maximum absolute atomic E-state index is 12.6. The third-order valence-electron chi connectivity index (χ3n) is 4.50. The quantitative estimate of drug-likeness (QED) is 0.376. The molecule has 3 rings (SSSR count). The van der Waals surface area contributed by atoms with Crippen LogP contribution >= 0.6 is 12.2 Å². The van der Waals surface area contributed by atoms with Crippen LogP contribution in [0.1, 0.15) is 21.5 Å². The Labute approximate surface area is 192 Å². The number of nitrogens with one attached hydrogen (secondary N) is 3. The van der Waals surface area contributed by atoms with E-state index in [0.29, 0.717) is 17.8 Å². The van der Waals surface area contributed by atoms with E-state index in [-0.39, 0.29) is 16.9 Å². The van der Waals surface area contributed by atoms with Gasteiger partial charge in [-0.25, -0.2) is 0 Å². The summed E-state index contributed by atoms with van der Waals surface area (Å²) in [4.78, 5) is 24.8. The van der Waals surface area contributed by atoms with Crippen LogP contribution < -0.4 is 20.7 Å². The van der Waals surface area contributed by atoms with Crippen molar-refractivity contribution in [3.63, 3.8) is 0 Å². The Bertz CT molecular complexity index is 1110. The number of methoxy groups -OCH3 is 1. The van der Waals surface area contributed by atoms with Crippen molar-refractivity contribution in [3.8, 4) is 5.75 Å². The maximum atomic E-state index is 12.6. The van der Waals surface area contributed by atoms with Crippen LogP contribution in [0.15, 0.2) is 84.9 Å². The van der Waals surface area contributed by atoms with Gasteiger partial charge in [0.2, 0.25) is 5.91 Å². The molecule has 6 nitrogen and oxygen atoms in total. The Balaban J connectivity index is 1.56. The van der Waals surface area contributed by atoms with Gasteiger partial charge in [0.25, 0.3) is 5.91 Å². The van der Waals surface area contributed by atoms with Gasteiger partial charge in [0.1, 0.15) is 5.75 Å². The molecule has 0 spiro atoms. The topological polar surface area (TPSA) is 79.5 Å². The van der Waals surface area contributed by atoms with E-state index in [4.69, 9.17) is 17.0 Å². The zero-order valence-corrected chi connectivity index (χ0v) is 18.3. The van der Waals surface area contributed by atoms with Crippen LogP contribution in [0, 0.1) is 0 Å². The minimum Gasteiger partial charge on any atom is -0.497 e. The van der Waals surface area contributed by atoms with Gasteiger partial charge >= 0.3 is 0 Å². The Kier molecular flexibility index (Phi) is 8.11. The second-order valence-corrected chi connectivity index (χ2v) is 7.17. The van der Waals surface area contributed by atoms with Gasteiger partial charge in [-0.1, -0.05) is 54.6 Å². The number of benzene rings is 3. The van der Waals surface area contributed by atoms with Gasteiger partial charge in [0, 0.05) is 12.6 Å². The molecule has 3 aromatic carbocycles. The molecule has 3 aromatic rings. The minimum atomic E-state index is -0.385. The molecule has 0 fully saturated rings.